The Bertz CT molecular complexity index is 1010. The smallest absolute Gasteiger partial charge is 0.246 e. The van der Waals surface area contributed by atoms with Crippen LogP contribution >= 0.6 is 0 Å². The molecule has 294 valence electrons. The molecule has 50 heavy (non-hydrogen) atoms. The summed E-state index contributed by atoms with van der Waals surface area (Å²) in [6.45, 7) is 47.2. The maximum atomic E-state index is 14.4. The predicted molar refractivity (Wildman–Crippen MR) is 220 cm³/mol. The van der Waals surface area contributed by atoms with E-state index in [9.17, 15) is 9.59 Å². The van der Waals surface area contributed by atoms with Gasteiger partial charge < -0.3 is 26.6 Å². The van der Waals surface area contributed by atoms with Gasteiger partial charge in [0.05, 0.1) is 5.82 Å². The number of nitrogens with one attached hydrogen (secondary N) is 3. The lowest BCUT2D eigenvalue weighted by molar-refractivity contribution is -0.143. The Balaban J connectivity index is 0. The van der Waals surface area contributed by atoms with Gasteiger partial charge in [-0.1, -0.05) is 128 Å². The Morgan fingerprint density at radius 3 is 1.78 bits per heavy atom. The minimum Gasteiger partial charge on any atom is -0.369 e. The van der Waals surface area contributed by atoms with Crippen molar-refractivity contribution in [3.8, 4) is 0 Å². The summed E-state index contributed by atoms with van der Waals surface area (Å²) in [6, 6.07) is -0.598. The molecule has 0 bridgehead atoms. The number of nitrogens with zero attached hydrogens (tertiary/aromatic N) is 1. The number of nitrogens with two attached hydrogens (primary N) is 1. The van der Waals surface area contributed by atoms with Crippen LogP contribution < -0.4 is 21.7 Å². The molecule has 7 heteroatoms. The first-order chi connectivity index (χ1) is 23.2. The zero-order valence-corrected chi connectivity index (χ0v) is 35.9. The highest BCUT2D eigenvalue weighted by molar-refractivity contribution is 5.92. The van der Waals surface area contributed by atoms with Crippen LogP contribution in [0, 0.1) is 39.9 Å². The van der Waals surface area contributed by atoms with Gasteiger partial charge in [0.1, 0.15) is 12.1 Å². The van der Waals surface area contributed by atoms with Crippen LogP contribution in [-0.2, 0) is 9.59 Å². The normalized spacial score (nSPS) is 22.6. The van der Waals surface area contributed by atoms with E-state index in [-0.39, 0.29) is 46.1 Å². The second kappa shape index (κ2) is 22.6. The van der Waals surface area contributed by atoms with Crippen LogP contribution in [0.15, 0.2) is 37.7 Å². The summed E-state index contributed by atoms with van der Waals surface area (Å²) in [6.07, 6.45) is 7.71. The van der Waals surface area contributed by atoms with Gasteiger partial charge in [0.15, 0.2) is 0 Å². The van der Waals surface area contributed by atoms with Crippen LogP contribution in [0.3, 0.4) is 0 Å². The Kier molecular flexibility index (Phi) is 22.5. The number of amides is 2. The first kappa shape index (κ1) is 49.8. The molecule has 3 rings (SSSR count). The molecule has 5 N–H and O–H groups in total. The highest BCUT2D eigenvalue weighted by Gasteiger charge is 2.63. The fourth-order valence-corrected chi connectivity index (χ4v) is 7.05. The lowest BCUT2D eigenvalue weighted by Crippen LogP contribution is -2.59. The van der Waals surface area contributed by atoms with E-state index >= 15 is 0 Å². The molecule has 0 radical (unpaired) electrons. The second-order valence-electron chi connectivity index (χ2n) is 17.5. The van der Waals surface area contributed by atoms with Crippen molar-refractivity contribution in [1.29, 1.82) is 0 Å². The van der Waals surface area contributed by atoms with Gasteiger partial charge in [0.25, 0.3) is 0 Å². The molecule has 3 aliphatic rings. The first-order valence-electron chi connectivity index (χ1n) is 19.7. The van der Waals surface area contributed by atoms with Gasteiger partial charge in [-0.25, -0.2) is 0 Å². The third-order valence-corrected chi connectivity index (χ3v) is 10.1. The number of rotatable bonds is 13. The summed E-state index contributed by atoms with van der Waals surface area (Å²) in [5.41, 5.74) is 5.51. The lowest BCUT2D eigenvalue weighted by Gasteiger charge is -2.40. The molecule has 0 aromatic heterocycles. The fourth-order valence-electron chi connectivity index (χ4n) is 7.05. The van der Waals surface area contributed by atoms with Gasteiger partial charge in [-0.05, 0) is 79.6 Å². The van der Waals surface area contributed by atoms with Crippen LogP contribution in [-0.4, -0.2) is 54.5 Å². The predicted octanol–water partition coefficient (Wildman–Crippen LogP) is 9.46. The van der Waals surface area contributed by atoms with E-state index in [2.05, 4.69) is 117 Å². The molecule has 2 amide bonds. The Morgan fingerprint density at radius 2 is 1.38 bits per heavy atom. The zero-order chi connectivity index (χ0) is 39.8. The van der Waals surface area contributed by atoms with Crippen molar-refractivity contribution < 1.29 is 9.59 Å². The average Bonchev–Trinajstić information content (AvgIpc) is 3.43. The summed E-state index contributed by atoms with van der Waals surface area (Å²) < 4.78 is 0. The molecule has 0 aromatic rings. The van der Waals surface area contributed by atoms with Crippen LogP contribution in [0.5, 0.6) is 0 Å². The van der Waals surface area contributed by atoms with Crippen LogP contribution in [0.1, 0.15) is 149 Å². The molecule has 5 unspecified atom stereocenters. The van der Waals surface area contributed by atoms with Gasteiger partial charge in [0.2, 0.25) is 11.8 Å². The number of carbonyl (C=O) groups excluding carboxylic acids is 2. The summed E-state index contributed by atoms with van der Waals surface area (Å²) in [4.78, 5) is 30.2. The lowest BCUT2D eigenvalue weighted by atomic mass is 9.79. The third-order valence-electron chi connectivity index (χ3n) is 10.1. The maximum absolute atomic E-state index is 14.4. The fraction of sp³-hybridized carbons (Fsp3) is 0.814. The molecule has 1 heterocycles. The van der Waals surface area contributed by atoms with Crippen molar-refractivity contribution >= 4 is 11.8 Å². The van der Waals surface area contributed by atoms with Crippen LogP contribution in [0.2, 0.25) is 0 Å². The Hall–Kier alpha value is -2.28. The SMILES string of the molecule is C=C.C=C(C)CC(CC1CCC1)NC(=O)C1C2[C@@H](C)[C@H]2CN1C(=O)C(NC(=C)NC(CCC(C)(C)C)C(C)(C)C)C(C)(C)C.CC.CC.CN. The van der Waals surface area contributed by atoms with E-state index in [1.54, 1.807) is 0 Å². The van der Waals surface area contributed by atoms with E-state index in [1.165, 1.54) is 26.3 Å². The Morgan fingerprint density at radius 1 is 0.860 bits per heavy atom. The molecular formula is C43H85N5O2. The quantitative estimate of drug-likeness (QED) is 0.143. The summed E-state index contributed by atoms with van der Waals surface area (Å²) >= 11 is 0. The topological polar surface area (TPSA) is 99.5 Å². The van der Waals surface area contributed by atoms with Crippen molar-refractivity contribution in [1.82, 2.24) is 20.9 Å². The average molecular weight is 704 g/mol. The van der Waals surface area contributed by atoms with E-state index in [1.807, 2.05) is 39.5 Å². The number of fused-ring (bicyclic) bond motifs is 1. The molecule has 2 aliphatic carbocycles. The van der Waals surface area contributed by atoms with Crippen molar-refractivity contribution in [2.75, 3.05) is 13.6 Å². The molecule has 3 fully saturated rings. The largest absolute Gasteiger partial charge is 0.369 e. The highest BCUT2D eigenvalue weighted by Crippen LogP contribution is 2.55. The van der Waals surface area contributed by atoms with Crippen molar-refractivity contribution in [2.24, 2.45) is 45.7 Å². The van der Waals surface area contributed by atoms with Gasteiger partial charge in [-0.2, -0.15) is 0 Å². The van der Waals surface area contributed by atoms with Gasteiger partial charge in [0, 0.05) is 18.6 Å². The molecule has 0 spiro atoms. The maximum Gasteiger partial charge on any atom is 0.246 e. The monoisotopic (exact) mass is 704 g/mol. The third kappa shape index (κ3) is 15.9. The molecule has 2 saturated carbocycles. The number of likely N-dealkylation sites (tertiary alicyclic amines) is 1. The standard InChI is InChI=1S/C36H64N4O2.2C2H6.C2H4.CH5N/c1-22(2)19-26(20-25-15-14-16-25)39-32(41)30-29-23(3)27(29)21-40(30)33(42)31(36(11,12)13)38-24(4)37-28(35(8,9)10)17-18-34(5,6)7;4*1-2/h23,25-31,37-38H,1,4,14-21H2,2-3,5-13H3,(H,39,41);2*1-2H3;1-2H2;2H2,1H3/t23-,26?,27+,28?,29?,30?,31?;;;;/m0..../s1. The number of hydrogen-bond donors (Lipinski definition) is 4. The van der Waals surface area contributed by atoms with E-state index in [0.29, 0.717) is 30.1 Å². The number of piperidine rings is 1. The minimum absolute atomic E-state index is 0.00226. The summed E-state index contributed by atoms with van der Waals surface area (Å²) in [7, 11) is 1.50. The summed E-state index contributed by atoms with van der Waals surface area (Å²) in [5.74, 6) is 2.51. The minimum atomic E-state index is -0.495. The summed E-state index contributed by atoms with van der Waals surface area (Å²) in [5, 5.41) is 10.5. The van der Waals surface area contributed by atoms with E-state index in [4.69, 9.17) is 0 Å². The molecule has 1 aliphatic heterocycles. The molecule has 0 aromatic carbocycles. The van der Waals surface area contributed by atoms with Crippen LogP contribution in [0.25, 0.3) is 0 Å². The zero-order valence-electron chi connectivity index (χ0n) is 35.9. The van der Waals surface area contributed by atoms with Crippen molar-refractivity contribution in [2.45, 2.75) is 173 Å². The molecular weight excluding hydrogens is 619 g/mol. The van der Waals surface area contributed by atoms with Crippen molar-refractivity contribution in [3.63, 3.8) is 0 Å². The van der Waals surface area contributed by atoms with Crippen molar-refractivity contribution in [3.05, 3.63) is 37.7 Å². The molecule has 7 atom stereocenters. The van der Waals surface area contributed by atoms with E-state index < -0.39 is 12.1 Å². The number of carbonyl (C=O) groups is 2. The van der Waals surface area contributed by atoms with Crippen LogP contribution in [0.4, 0.5) is 0 Å². The molecule has 1 saturated heterocycles. The van der Waals surface area contributed by atoms with Gasteiger partial charge in [-0.15, -0.1) is 19.7 Å². The highest BCUT2D eigenvalue weighted by atomic mass is 16.2. The number of hydrogen-bond acceptors (Lipinski definition) is 5. The Labute approximate surface area is 311 Å². The van der Waals surface area contributed by atoms with Gasteiger partial charge >= 0.3 is 0 Å². The first-order valence-corrected chi connectivity index (χ1v) is 19.7. The molecule has 7 nitrogen and oxygen atoms in total. The van der Waals surface area contributed by atoms with Gasteiger partial charge in [-0.3, -0.25) is 9.59 Å². The van der Waals surface area contributed by atoms with E-state index in [0.717, 1.165) is 31.3 Å². The second-order valence-corrected chi connectivity index (χ2v) is 17.5.